The molecular weight excluding hydrogens is 500 g/mol. The number of carbonyl (C=O) groups excluding carboxylic acids is 2. The number of carbonyl (C=O) groups is 2. The van der Waals surface area contributed by atoms with E-state index in [1.54, 1.807) is 30.3 Å². The van der Waals surface area contributed by atoms with Gasteiger partial charge in [-0.25, -0.2) is 9.59 Å². The second-order valence-corrected chi connectivity index (χ2v) is 10.4. The van der Waals surface area contributed by atoms with Gasteiger partial charge in [-0.1, -0.05) is 6.07 Å². The first-order valence-corrected chi connectivity index (χ1v) is 13.1. The van der Waals surface area contributed by atoms with Gasteiger partial charge >= 0.3 is 11.7 Å². The number of benzene rings is 2. The largest absolute Gasteiger partial charge is 0.588 e. The fourth-order valence-corrected chi connectivity index (χ4v) is 5.55. The lowest BCUT2D eigenvalue weighted by Gasteiger charge is -2.34. The molecule has 0 radical (unpaired) electrons. The number of H-pyrrole nitrogens is 2. The summed E-state index contributed by atoms with van der Waals surface area (Å²) in [6.07, 6.45) is 1.07. The number of anilines is 1. The molecule has 2 fully saturated rings. The molecule has 1 unspecified atom stereocenters. The molecule has 37 heavy (non-hydrogen) atoms. The molecule has 2 aliphatic rings. The second kappa shape index (κ2) is 10.8. The third-order valence-corrected chi connectivity index (χ3v) is 7.82. The molecule has 2 aromatic carbocycles. The maximum atomic E-state index is 12.6. The monoisotopic (exact) mass is 528 g/mol. The number of aliphatic hydroxyl groups excluding tert-OH is 1. The van der Waals surface area contributed by atoms with E-state index in [0.29, 0.717) is 28.2 Å². The molecule has 3 aromatic rings. The number of para-hydroxylation sites is 1. The van der Waals surface area contributed by atoms with Crippen LogP contribution in [-0.4, -0.2) is 80.8 Å². The van der Waals surface area contributed by atoms with Gasteiger partial charge < -0.3 is 34.6 Å². The van der Waals surface area contributed by atoms with Crippen LogP contribution in [0.5, 0.6) is 5.75 Å². The van der Waals surface area contributed by atoms with Crippen LogP contribution in [0.4, 0.5) is 10.5 Å². The van der Waals surface area contributed by atoms with E-state index in [1.807, 2.05) is 12.1 Å². The van der Waals surface area contributed by atoms with Crippen molar-refractivity contribution in [2.24, 2.45) is 0 Å². The molecule has 0 bridgehead atoms. The number of nitrogens with zero attached hydrogens (tertiary/aromatic N) is 2. The molecule has 2 aliphatic heterocycles. The Labute approximate surface area is 215 Å². The molecule has 2 saturated heterocycles. The number of rotatable bonds is 9. The predicted molar refractivity (Wildman–Crippen MR) is 137 cm³/mol. The van der Waals surface area contributed by atoms with Gasteiger partial charge in [0.15, 0.2) is 11.4 Å². The lowest BCUT2D eigenvalue weighted by Crippen LogP contribution is -2.45. The van der Waals surface area contributed by atoms with Crippen molar-refractivity contribution in [1.29, 1.82) is 0 Å². The molecule has 5 rings (SSSR count). The zero-order valence-electron chi connectivity index (χ0n) is 19.9. The van der Waals surface area contributed by atoms with Crippen molar-refractivity contribution in [2.45, 2.75) is 29.9 Å². The highest BCUT2D eigenvalue weighted by atomic mass is 32.2. The summed E-state index contributed by atoms with van der Waals surface area (Å²) in [6.45, 7) is 1.91. The van der Waals surface area contributed by atoms with Gasteiger partial charge in [0, 0.05) is 31.4 Å². The first-order chi connectivity index (χ1) is 17.9. The molecule has 3 heterocycles. The van der Waals surface area contributed by atoms with Crippen molar-refractivity contribution in [2.75, 3.05) is 37.7 Å². The van der Waals surface area contributed by atoms with Crippen molar-refractivity contribution < 1.29 is 24.0 Å². The van der Waals surface area contributed by atoms with Gasteiger partial charge in [0.1, 0.15) is 35.3 Å². The first kappa shape index (κ1) is 25.1. The van der Waals surface area contributed by atoms with Gasteiger partial charge in [-0.2, -0.15) is 0 Å². The van der Waals surface area contributed by atoms with Crippen LogP contribution >= 0.6 is 0 Å². The van der Waals surface area contributed by atoms with Crippen LogP contribution in [0.3, 0.4) is 0 Å². The number of hydrogen-bond acceptors (Lipinski definition) is 8. The maximum Gasteiger partial charge on any atom is 0.366 e. The van der Waals surface area contributed by atoms with Crippen molar-refractivity contribution >= 4 is 40.0 Å². The Hall–Kier alpha value is -3.52. The number of aliphatic hydroxyl groups is 1. The number of amides is 3. The Bertz CT molecular complexity index is 1320. The summed E-state index contributed by atoms with van der Waals surface area (Å²) in [5.74, 6) is 0.0497. The minimum Gasteiger partial charge on any atom is -0.588 e. The maximum absolute atomic E-state index is 12.6. The summed E-state index contributed by atoms with van der Waals surface area (Å²) < 4.78 is 19.3. The van der Waals surface area contributed by atoms with Crippen LogP contribution in [0.1, 0.15) is 12.8 Å². The molecule has 1 aromatic heterocycles. The molecule has 2 atom stereocenters. The van der Waals surface area contributed by atoms with Crippen molar-refractivity contribution in [1.82, 2.24) is 24.9 Å². The average Bonchev–Trinajstić information content (AvgIpc) is 3.46. The Morgan fingerprint density at radius 3 is 2.57 bits per heavy atom. The normalized spacial score (nSPS) is 18.3. The van der Waals surface area contributed by atoms with Crippen LogP contribution in [0, 0.1) is 0 Å². The van der Waals surface area contributed by atoms with E-state index < -0.39 is 29.4 Å². The van der Waals surface area contributed by atoms with Crippen molar-refractivity contribution in [3.63, 3.8) is 0 Å². The first-order valence-electron chi connectivity index (χ1n) is 12.0. The predicted octanol–water partition coefficient (Wildman–Crippen LogP) is 0.429. The number of urea groups is 1. The lowest BCUT2D eigenvalue weighted by molar-refractivity contribution is -0.118. The highest BCUT2D eigenvalue weighted by molar-refractivity contribution is 7.89. The van der Waals surface area contributed by atoms with E-state index in [4.69, 9.17) is 4.74 Å². The number of fused-ring (bicyclic) bond motifs is 1. The Balaban J connectivity index is 1.06. The minimum atomic E-state index is -1.74. The molecule has 3 amide bonds. The zero-order chi connectivity index (χ0) is 25.9. The highest BCUT2D eigenvalue weighted by Crippen LogP contribution is 2.25. The molecule has 5 N–H and O–H groups in total. The summed E-state index contributed by atoms with van der Waals surface area (Å²) in [7, 11) is 0. The van der Waals surface area contributed by atoms with Gasteiger partial charge in [0.05, 0.1) is 5.52 Å². The topological polar surface area (TPSA) is 166 Å². The van der Waals surface area contributed by atoms with Crippen LogP contribution in [0.25, 0.3) is 11.0 Å². The van der Waals surface area contributed by atoms with Crippen LogP contribution < -0.4 is 26.0 Å². The van der Waals surface area contributed by atoms with E-state index in [1.165, 1.54) is 0 Å². The van der Waals surface area contributed by atoms with E-state index in [2.05, 4.69) is 25.5 Å². The minimum absolute atomic E-state index is 0.0964. The van der Waals surface area contributed by atoms with E-state index in [-0.39, 0.29) is 24.9 Å². The summed E-state index contributed by atoms with van der Waals surface area (Å²) in [5.41, 5.74) is 1.92. The van der Waals surface area contributed by atoms with Gasteiger partial charge in [-0.3, -0.25) is 10.1 Å². The molecule has 12 nitrogen and oxygen atoms in total. The zero-order valence-corrected chi connectivity index (χ0v) is 20.8. The highest BCUT2D eigenvalue weighted by Gasteiger charge is 2.37. The number of aromatic amines is 2. The van der Waals surface area contributed by atoms with Crippen LogP contribution in [0.2, 0.25) is 0 Å². The number of aromatic nitrogens is 2. The quantitative estimate of drug-likeness (QED) is 0.197. The number of imide groups is 1. The lowest BCUT2D eigenvalue weighted by atomic mass is 10.0. The van der Waals surface area contributed by atoms with Crippen LogP contribution in [-0.2, 0) is 16.2 Å². The third kappa shape index (κ3) is 5.74. The van der Waals surface area contributed by atoms with E-state index >= 15 is 0 Å². The Morgan fingerprint density at radius 2 is 1.86 bits per heavy atom. The van der Waals surface area contributed by atoms with Crippen molar-refractivity contribution in [3.8, 4) is 5.75 Å². The molecule has 13 heteroatoms. The molecule has 0 aliphatic carbocycles. The SMILES string of the molecule is O=C1CN([S+]([O-])c2ccc(N3CCC(NC[C@H](O)COc4cccc5[nH]c(=O)[nH]c45)CC3)cc2)C(=O)N1. The van der Waals surface area contributed by atoms with Gasteiger partial charge in [-0.05, 0) is 49.2 Å². The van der Waals surface area contributed by atoms with E-state index in [0.717, 1.165) is 35.9 Å². The standard InChI is InChI=1S/C24H28N6O6S/c31-17(14-36-20-3-1-2-19-22(20)28-23(33)26-19)12-25-15-8-10-29(11-9-15)16-4-6-18(7-5-16)37(35)30-13-21(32)27-24(30)34/h1-7,15,17,25,31H,8-14H2,(H2,26,28,33)(H,27,32,34)/t17-,37?/m0/s1. The number of hydrogen-bond donors (Lipinski definition) is 5. The van der Waals surface area contributed by atoms with Gasteiger partial charge in [0.25, 0.3) is 5.91 Å². The smallest absolute Gasteiger partial charge is 0.366 e. The van der Waals surface area contributed by atoms with Crippen LogP contribution in [0.15, 0.2) is 52.2 Å². The summed E-state index contributed by atoms with van der Waals surface area (Å²) >= 11 is -1.74. The Morgan fingerprint density at radius 1 is 1.11 bits per heavy atom. The molecular formula is C24H28N6O6S. The van der Waals surface area contributed by atoms with Gasteiger partial charge in [0.2, 0.25) is 0 Å². The molecule has 0 spiro atoms. The number of imidazole rings is 1. The van der Waals surface area contributed by atoms with Crippen molar-refractivity contribution in [3.05, 3.63) is 52.9 Å². The molecule has 196 valence electrons. The second-order valence-electron chi connectivity index (χ2n) is 9.03. The fraction of sp³-hybridized carbons (Fsp3) is 0.375. The summed E-state index contributed by atoms with van der Waals surface area (Å²) in [5, 5.41) is 15.9. The number of piperidine rings is 1. The summed E-state index contributed by atoms with van der Waals surface area (Å²) in [6, 6.07) is 12.1. The van der Waals surface area contributed by atoms with Gasteiger partial charge in [-0.15, -0.1) is 4.31 Å². The number of nitrogens with one attached hydrogen (secondary N) is 4. The summed E-state index contributed by atoms with van der Waals surface area (Å²) in [4.78, 5) is 42.7. The third-order valence-electron chi connectivity index (χ3n) is 6.45. The van der Waals surface area contributed by atoms with E-state index in [9.17, 15) is 24.0 Å². The molecule has 0 saturated carbocycles. The number of ether oxygens (including phenoxy) is 1. The Kier molecular flexibility index (Phi) is 7.37. The fourth-order valence-electron chi connectivity index (χ4n) is 4.50. The average molecular weight is 529 g/mol.